The number of Topliss-reactive ketones (excluding diaryl/α,β-unsaturated/α-hetero) is 1. The minimum Gasteiger partial charge on any atom is -0.303 e. The van der Waals surface area contributed by atoms with E-state index >= 15 is 0 Å². The topological polar surface area (TPSA) is 20.3 Å². The zero-order valence-electron chi connectivity index (χ0n) is 9.71. The second kappa shape index (κ2) is 5.64. The summed E-state index contributed by atoms with van der Waals surface area (Å²) in [6.45, 7) is 3.51. The predicted molar refractivity (Wildman–Crippen MR) is 61.9 cm³/mol. The fourth-order valence-corrected chi connectivity index (χ4v) is 2.88. The van der Waals surface area contributed by atoms with E-state index in [2.05, 4.69) is 4.90 Å². The smallest absolute Gasteiger partial charge is 0.137 e. The van der Waals surface area contributed by atoms with Crippen LogP contribution in [0.15, 0.2) is 0 Å². The minimum absolute atomic E-state index is 0.366. The molecule has 0 aromatic rings. The molecule has 1 atom stereocenters. The van der Waals surface area contributed by atoms with Crippen LogP contribution in [0.1, 0.15) is 51.4 Å². The third-order valence-corrected chi connectivity index (χ3v) is 3.86. The maximum atomic E-state index is 11.9. The van der Waals surface area contributed by atoms with Gasteiger partial charge in [-0.25, -0.2) is 0 Å². The molecule has 2 rings (SSSR count). The second-order valence-electron chi connectivity index (χ2n) is 5.12. The van der Waals surface area contributed by atoms with Gasteiger partial charge >= 0.3 is 0 Å². The Labute approximate surface area is 93.0 Å². The molecular weight excluding hydrogens is 186 g/mol. The Morgan fingerprint density at radius 1 is 1.00 bits per heavy atom. The molecule has 1 unspecified atom stereocenters. The number of hydrogen-bond donors (Lipinski definition) is 0. The van der Waals surface area contributed by atoms with Gasteiger partial charge in [0.2, 0.25) is 0 Å². The summed E-state index contributed by atoms with van der Waals surface area (Å²) >= 11 is 0. The summed E-state index contributed by atoms with van der Waals surface area (Å²) in [4.78, 5) is 14.4. The Kier molecular flexibility index (Phi) is 4.18. The highest BCUT2D eigenvalue weighted by molar-refractivity contribution is 5.81. The van der Waals surface area contributed by atoms with E-state index in [4.69, 9.17) is 0 Å². The summed E-state index contributed by atoms with van der Waals surface area (Å²) in [5.41, 5.74) is 0. The molecule has 2 nitrogen and oxygen atoms in total. The normalized spacial score (nSPS) is 30.1. The number of rotatable bonds is 2. The van der Waals surface area contributed by atoms with Gasteiger partial charge in [-0.2, -0.15) is 0 Å². The summed E-state index contributed by atoms with van der Waals surface area (Å²) in [5.74, 6) is 0.906. The Bertz CT molecular complexity index is 209. The van der Waals surface area contributed by atoms with Crippen molar-refractivity contribution in [3.63, 3.8) is 0 Å². The van der Waals surface area contributed by atoms with Gasteiger partial charge in [0.05, 0.1) is 0 Å². The van der Waals surface area contributed by atoms with Gasteiger partial charge in [-0.1, -0.05) is 19.3 Å². The minimum atomic E-state index is 0.366. The Morgan fingerprint density at radius 3 is 2.53 bits per heavy atom. The first-order valence-electron chi connectivity index (χ1n) is 6.61. The quantitative estimate of drug-likeness (QED) is 0.652. The van der Waals surface area contributed by atoms with Crippen LogP contribution in [0.25, 0.3) is 0 Å². The number of nitrogens with zero attached hydrogens (tertiary/aromatic N) is 1. The Hall–Kier alpha value is -0.370. The molecule has 1 saturated heterocycles. The molecule has 0 aromatic heterocycles. The number of carbonyl (C=O) groups excluding carboxylic acids is 1. The van der Waals surface area contributed by atoms with Gasteiger partial charge in [0, 0.05) is 18.9 Å². The highest BCUT2D eigenvalue weighted by Crippen LogP contribution is 2.22. The standard InChI is InChI=1S/C13H23NO/c15-13-8-4-1-3-7-12(13)11-14-9-5-2-6-10-14/h12H,1-11H2. The van der Waals surface area contributed by atoms with Crippen LogP contribution in [0.4, 0.5) is 0 Å². The summed E-state index contributed by atoms with van der Waals surface area (Å²) in [6.07, 6.45) is 9.71. The molecule has 2 fully saturated rings. The summed E-state index contributed by atoms with van der Waals surface area (Å²) < 4.78 is 0. The largest absolute Gasteiger partial charge is 0.303 e. The number of ketones is 1. The third kappa shape index (κ3) is 3.30. The van der Waals surface area contributed by atoms with Crippen molar-refractivity contribution in [3.8, 4) is 0 Å². The molecule has 15 heavy (non-hydrogen) atoms. The molecule has 0 spiro atoms. The van der Waals surface area contributed by atoms with Crippen LogP contribution in [0, 0.1) is 5.92 Å². The molecule has 0 amide bonds. The maximum absolute atomic E-state index is 11.9. The van der Waals surface area contributed by atoms with Crippen molar-refractivity contribution in [1.82, 2.24) is 4.90 Å². The number of carbonyl (C=O) groups is 1. The Balaban J connectivity index is 1.82. The molecule has 0 bridgehead atoms. The van der Waals surface area contributed by atoms with Gasteiger partial charge in [-0.05, 0) is 38.8 Å². The lowest BCUT2D eigenvalue weighted by molar-refractivity contribution is -0.123. The zero-order valence-corrected chi connectivity index (χ0v) is 9.71. The average molecular weight is 209 g/mol. The molecule has 1 aliphatic heterocycles. The fraction of sp³-hybridized carbons (Fsp3) is 0.923. The van der Waals surface area contributed by atoms with Crippen LogP contribution in [-0.2, 0) is 4.79 Å². The van der Waals surface area contributed by atoms with E-state index in [9.17, 15) is 4.79 Å². The second-order valence-corrected chi connectivity index (χ2v) is 5.12. The van der Waals surface area contributed by atoms with Crippen LogP contribution in [0.2, 0.25) is 0 Å². The van der Waals surface area contributed by atoms with Crippen LogP contribution in [-0.4, -0.2) is 30.3 Å². The van der Waals surface area contributed by atoms with Crippen LogP contribution >= 0.6 is 0 Å². The first-order chi connectivity index (χ1) is 7.36. The molecule has 0 radical (unpaired) electrons. The highest BCUT2D eigenvalue weighted by Gasteiger charge is 2.23. The maximum Gasteiger partial charge on any atom is 0.137 e. The lowest BCUT2D eigenvalue weighted by atomic mass is 9.97. The SMILES string of the molecule is O=C1CCCCCC1CN1CCCCC1. The van der Waals surface area contributed by atoms with Crippen LogP contribution in [0.3, 0.4) is 0 Å². The molecule has 0 N–H and O–H groups in total. The van der Waals surface area contributed by atoms with Crippen molar-refractivity contribution >= 4 is 5.78 Å². The molecule has 1 saturated carbocycles. The average Bonchev–Trinajstić information content (AvgIpc) is 2.46. The number of likely N-dealkylation sites (tertiary alicyclic amines) is 1. The van der Waals surface area contributed by atoms with Gasteiger partial charge in [-0.15, -0.1) is 0 Å². The third-order valence-electron chi connectivity index (χ3n) is 3.86. The fourth-order valence-electron chi connectivity index (χ4n) is 2.88. The van der Waals surface area contributed by atoms with Gasteiger partial charge in [0.15, 0.2) is 0 Å². The van der Waals surface area contributed by atoms with Crippen LogP contribution < -0.4 is 0 Å². The van der Waals surface area contributed by atoms with Crippen molar-refractivity contribution in [2.75, 3.05) is 19.6 Å². The van der Waals surface area contributed by atoms with Gasteiger partial charge in [0.1, 0.15) is 5.78 Å². The van der Waals surface area contributed by atoms with E-state index in [1.807, 2.05) is 0 Å². The lowest BCUT2D eigenvalue weighted by Crippen LogP contribution is -2.36. The highest BCUT2D eigenvalue weighted by atomic mass is 16.1. The zero-order chi connectivity index (χ0) is 10.5. The van der Waals surface area contributed by atoms with Crippen molar-refractivity contribution in [2.45, 2.75) is 51.4 Å². The molecular formula is C13H23NO. The number of hydrogen-bond acceptors (Lipinski definition) is 2. The van der Waals surface area contributed by atoms with Crippen LogP contribution in [0.5, 0.6) is 0 Å². The van der Waals surface area contributed by atoms with Crippen molar-refractivity contribution < 1.29 is 4.79 Å². The van der Waals surface area contributed by atoms with Gasteiger partial charge in [0.25, 0.3) is 0 Å². The van der Waals surface area contributed by atoms with E-state index in [1.165, 1.54) is 45.2 Å². The molecule has 1 aliphatic carbocycles. The van der Waals surface area contributed by atoms with E-state index < -0.39 is 0 Å². The van der Waals surface area contributed by atoms with Gasteiger partial charge in [-0.3, -0.25) is 4.79 Å². The van der Waals surface area contributed by atoms with E-state index in [0.717, 1.165) is 25.8 Å². The van der Waals surface area contributed by atoms with E-state index in [-0.39, 0.29) is 0 Å². The molecule has 2 aliphatic rings. The summed E-state index contributed by atoms with van der Waals surface area (Å²) in [7, 11) is 0. The Morgan fingerprint density at radius 2 is 1.73 bits per heavy atom. The van der Waals surface area contributed by atoms with E-state index in [1.54, 1.807) is 0 Å². The molecule has 2 heteroatoms. The predicted octanol–water partition coefficient (Wildman–Crippen LogP) is 2.62. The number of piperidine rings is 1. The van der Waals surface area contributed by atoms with Crippen molar-refractivity contribution in [3.05, 3.63) is 0 Å². The molecule has 86 valence electrons. The first-order valence-corrected chi connectivity index (χ1v) is 6.61. The van der Waals surface area contributed by atoms with Crippen molar-refractivity contribution in [1.29, 1.82) is 0 Å². The molecule has 0 aromatic carbocycles. The van der Waals surface area contributed by atoms with Crippen molar-refractivity contribution in [2.24, 2.45) is 5.92 Å². The summed E-state index contributed by atoms with van der Waals surface area (Å²) in [5, 5.41) is 0. The van der Waals surface area contributed by atoms with E-state index in [0.29, 0.717) is 11.7 Å². The monoisotopic (exact) mass is 209 g/mol. The summed E-state index contributed by atoms with van der Waals surface area (Å²) in [6, 6.07) is 0. The lowest BCUT2D eigenvalue weighted by Gasteiger charge is -2.29. The van der Waals surface area contributed by atoms with Gasteiger partial charge < -0.3 is 4.90 Å². The first kappa shape index (κ1) is 11.1. The molecule has 1 heterocycles.